The summed E-state index contributed by atoms with van der Waals surface area (Å²) in [7, 11) is 0. The van der Waals surface area contributed by atoms with Gasteiger partial charge in [-0.05, 0) is 18.4 Å². The van der Waals surface area contributed by atoms with Crippen LogP contribution in [0.1, 0.15) is 12.5 Å². The Bertz CT molecular complexity index is 517. The normalized spacial score (nSPS) is 12.9. The number of hydrogen-bond acceptors (Lipinski definition) is 2. The van der Waals surface area contributed by atoms with Gasteiger partial charge < -0.3 is 9.47 Å². The lowest BCUT2D eigenvalue weighted by Crippen LogP contribution is -1.92. The molecule has 1 heterocycles. The molecule has 1 aliphatic heterocycles. The second-order valence-corrected chi connectivity index (χ2v) is 3.64. The van der Waals surface area contributed by atoms with E-state index in [1.165, 1.54) is 5.39 Å². The van der Waals surface area contributed by atoms with Crippen LogP contribution in [0.3, 0.4) is 0 Å². The summed E-state index contributed by atoms with van der Waals surface area (Å²) in [4.78, 5) is 0. The molecule has 0 aliphatic carbocycles. The van der Waals surface area contributed by atoms with Crippen molar-refractivity contribution in [3.05, 3.63) is 35.9 Å². The van der Waals surface area contributed by atoms with Crippen molar-refractivity contribution in [1.82, 2.24) is 0 Å². The molecule has 2 nitrogen and oxygen atoms in total. The smallest absolute Gasteiger partial charge is 0.169 e. The van der Waals surface area contributed by atoms with Crippen molar-refractivity contribution in [2.24, 2.45) is 0 Å². The van der Waals surface area contributed by atoms with E-state index in [1.807, 2.05) is 19.1 Å². The van der Waals surface area contributed by atoms with Gasteiger partial charge in [-0.25, -0.2) is 0 Å². The van der Waals surface area contributed by atoms with E-state index in [0.717, 1.165) is 22.4 Å². The SMILES string of the molecule is CCOc1c2cc3ccccc3c1OC2. The molecule has 0 N–H and O–H groups in total. The third-order valence-corrected chi connectivity index (χ3v) is 2.69. The standard InChI is InChI=1S/C13H12O2/c1-2-14-12-10-7-9-5-3-4-6-11(9)13(12)15-8-10/h3-7H,2,8H2,1H3. The minimum atomic E-state index is 0.638. The molecule has 15 heavy (non-hydrogen) atoms. The van der Waals surface area contributed by atoms with Crippen LogP contribution in [0, 0.1) is 0 Å². The summed E-state index contributed by atoms with van der Waals surface area (Å²) in [5.41, 5.74) is 1.16. The molecule has 2 heteroatoms. The maximum atomic E-state index is 5.65. The molecule has 3 rings (SSSR count). The molecule has 0 amide bonds. The van der Waals surface area contributed by atoms with Gasteiger partial charge in [0.1, 0.15) is 6.61 Å². The minimum Gasteiger partial charge on any atom is -0.490 e. The Balaban J connectivity index is 2.31. The molecule has 0 radical (unpaired) electrons. The lowest BCUT2D eigenvalue weighted by Gasteiger charge is -2.07. The molecule has 0 atom stereocenters. The van der Waals surface area contributed by atoms with Crippen molar-refractivity contribution < 1.29 is 9.47 Å². The molecule has 0 fully saturated rings. The van der Waals surface area contributed by atoms with Crippen LogP contribution >= 0.6 is 0 Å². The highest BCUT2D eigenvalue weighted by Crippen LogP contribution is 2.44. The first-order valence-corrected chi connectivity index (χ1v) is 5.20. The molecule has 0 unspecified atom stereocenters. The quantitative estimate of drug-likeness (QED) is 0.741. The van der Waals surface area contributed by atoms with Gasteiger partial charge in [0.2, 0.25) is 0 Å². The Kier molecular flexibility index (Phi) is 1.81. The summed E-state index contributed by atoms with van der Waals surface area (Å²) >= 11 is 0. The summed E-state index contributed by atoms with van der Waals surface area (Å²) in [6, 6.07) is 10.4. The number of benzene rings is 2. The van der Waals surface area contributed by atoms with Gasteiger partial charge in [0, 0.05) is 10.9 Å². The van der Waals surface area contributed by atoms with Crippen LogP contribution in [0.15, 0.2) is 30.3 Å². The third kappa shape index (κ3) is 1.18. The van der Waals surface area contributed by atoms with Crippen molar-refractivity contribution in [2.75, 3.05) is 6.61 Å². The summed E-state index contributed by atoms with van der Waals surface area (Å²) in [5.74, 6) is 1.83. The van der Waals surface area contributed by atoms with Gasteiger partial charge in [0.05, 0.1) is 6.61 Å². The first-order chi connectivity index (χ1) is 7.40. The monoisotopic (exact) mass is 200 g/mol. The molecular formula is C13H12O2. The van der Waals surface area contributed by atoms with Gasteiger partial charge in [-0.1, -0.05) is 24.3 Å². The lowest BCUT2D eigenvalue weighted by atomic mass is 10.1. The number of rotatable bonds is 2. The molecular weight excluding hydrogens is 188 g/mol. The van der Waals surface area contributed by atoms with Crippen LogP contribution in [0.5, 0.6) is 11.5 Å². The Labute approximate surface area is 88.4 Å². The summed E-state index contributed by atoms with van der Waals surface area (Å²) in [6.45, 7) is 3.31. The predicted octanol–water partition coefficient (Wildman–Crippen LogP) is 3.13. The van der Waals surface area contributed by atoms with Gasteiger partial charge in [0.15, 0.2) is 11.5 Å². The van der Waals surface area contributed by atoms with Gasteiger partial charge in [-0.3, -0.25) is 0 Å². The first kappa shape index (κ1) is 8.60. The van der Waals surface area contributed by atoms with Crippen LogP contribution in [-0.4, -0.2) is 6.61 Å². The van der Waals surface area contributed by atoms with Crippen LogP contribution in [0.25, 0.3) is 10.8 Å². The van der Waals surface area contributed by atoms with E-state index >= 15 is 0 Å². The number of hydrogen-bond donors (Lipinski definition) is 0. The highest BCUT2D eigenvalue weighted by molar-refractivity contribution is 5.92. The van der Waals surface area contributed by atoms with Crippen LogP contribution in [0.2, 0.25) is 0 Å². The maximum absolute atomic E-state index is 5.65. The second kappa shape index (κ2) is 3.16. The maximum Gasteiger partial charge on any atom is 0.169 e. The minimum absolute atomic E-state index is 0.638. The van der Waals surface area contributed by atoms with E-state index in [0.29, 0.717) is 13.2 Å². The summed E-state index contributed by atoms with van der Waals surface area (Å²) in [5, 5.41) is 2.37. The van der Waals surface area contributed by atoms with Crippen molar-refractivity contribution >= 4 is 10.8 Å². The number of fused-ring (bicyclic) bond motifs is 4. The van der Waals surface area contributed by atoms with E-state index in [-0.39, 0.29) is 0 Å². The van der Waals surface area contributed by atoms with E-state index in [1.54, 1.807) is 0 Å². The molecule has 0 aromatic heterocycles. The predicted molar refractivity (Wildman–Crippen MR) is 59.4 cm³/mol. The average Bonchev–Trinajstić information content (AvgIpc) is 2.56. The highest BCUT2D eigenvalue weighted by atomic mass is 16.5. The van der Waals surface area contributed by atoms with Gasteiger partial charge in [0.25, 0.3) is 0 Å². The third-order valence-electron chi connectivity index (χ3n) is 2.69. The zero-order valence-corrected chi connectivity index (χ0v) is 8.62. The Morgan fingerprint density at radius 3 is 3.07 bits per heavy atom. The van der Waals surface area contributed by atoms with E-state index in [2.05, 4.69) is 18.2 Å². The zero-order valence-electron chi connectivity index (χ0n) is 8.62. The highest BCUT2D eigenvalue weighted by Gasteiger charge is 2.22. The van der Waals surface area contributed by atoms with E-state index in [9.17, 15) is 0 Å². The molecule has 0 saturated carbocycles. The van der Waals surface area contributed by atoms with Gasteiger partial charge >= 0.3 is 0 Å². The number of ether oxygens (including phenoxy) is 2. The molecule has 0 spiro atoms. The van der Waals surface area contributed by atoms with Gasteiger partial charge in [-0.15, -0.1) is 0 Å². The fraction of sp³-hybridized carbons (Fsp3) is 0.231. The molecule has 0 saturated heterocycles. The second-order valence-electron chi connectivity index (χ2n) is 3.64. The molecule has 2 aromatic rings. The van der Waals surface area contributed by atoms with Crippen molar-refractivity contribution in [1.29, 1.82) is 0 Å². The van der Waals surface area contributed by atoms with Gasteiger partial charge in [-0.2, -0.15) is 0 Å². The van der Waals surface area contributed by atoms with E-state index in [4.69, 9.17) is 9.47 Å². The fourth-order valence-corrected chi connectivity index (χ4v) is 2.05. The van der Waals surface area contributed by atoms with Crippen LogP contribution in [0.4, 0.5) is 0 Å². The largest absolute Gasteiger partial charge is 0.490 e. The van der Waals surface area contributed by atoms with Crippen LogP contribution < -0.4 is 9.47 Å². The molecule has 2 bridgehead atoms. The topological polar surface area (TPSA) is 18.5 Å². The summed E-state index contributed by atoms with van der Waals surface area (Å²) < 4.78 is 11.3. The zero-order chi connectivity index (χ0) is 10.3. The Morgan fingerprint density at radius 2 is 2.20 bits per heavy atom. The van der Waals surface area contributed by atoms with Crippen LogP contribution in [-0.2, 0) is 6.61 Å². The summed E-state index contributed by atoms with van der Waals surface area (Å²) in [6.07, 6.45) is 0. The molecule has 2 aromatic carbocycles. The lowest BCUT2D eigenvalue weighted by molar-refractivity contribution is 0.314. The molecule has 1 aliphatic rings. The Hall–Kier alpha value is -1.70. The molecule has 76 valence electrons. The fourth-order valence-electron chi connectivity index (χ4n) is 2.05. The van der Waals surface area contributed by atoms with Crippen molar-refractivity contribution in [3.8, 4) is 11.5 Å². The van der Waals surface area contributed by atoms with Crippen molar-refractivity contribution in [3.63, 3.8) is 0 Å². The van der Waals surface area contributed by atoms with E-state index < -0.39 is 0 Å². The first-order valence-electron chi connectivity index (χ1n) is 5.20. The van der Waals surface area contributed by atoms with Crippen molar-refractivity contribution in [2.45, 2.75) is 13.5 Å². The Morgan fingerprint density at radius 1 is 1.33 bits per heavy atom. The average molecular weight is 200 g/mol.